The first-order chi connectivity index (χ1) is 11.0. The largest absolute Gasteiger partial charge is 0.289 e. The predicted octanol–water partition coefficient (Wildman–Crippen LogP) is 1.23. The Kier molecular flexibility index (Phi) is 3.18. The van der Waals surface area contributed by atoms with E-state index in [-0.39, 0.29) is 11.6 Å². The van der Waals surface area contributed by atoms with E-state index in [1.54, 1.807) is 35.1 Å². The molecule has 0 atom stereocenters. The quantitative estimate of drug-likeness (QED) is 0.598. The van der Waals surface area contributed by atoms with Gasteiger partial charge in [-0.2, -0.15) is 5.10 Å². The molecular formula is C13H12N6O2S2. The molecule has 0 aliphatic rings. The lowest BCUT2D eigenvalue weighted by Crippen LogP contribution is -2.24. The molecule has 4 rings (SSSR count). The number of nitrogens with zero attached hydrogens (tertiary/aromatic N) is 5. The Morgan fingerprint density at radius 3 is 3.04 bits per heavy atom. The molecule has 0 amide bonds. The van der Waals surface area contributed by atoms with Crippen LogP contribution in [0.25, 0.3) is 10.6 Å². The minimum atomic E-state index is -3.69. The molecule has 10 heteroatoms. The number of aryl methyl sites for hydroxylation is 1. The van der Waals surface area contributed by atoms with E-state index in [0.29, 0.717) is 11.3 Å². The van der Waals surface area contributed by atoms with Crippen LogP contribution >= 0.6 is 11.3 Å². The van der Waals surface area contributed by atoms with Crippen LogP contribution in [0.5, 0.6) is 0 Å². The average Bonchev–Trinajstić information content (AvgIpc) is 3.17. The van der Waals surface area contributed by atoms with Gasteiger partial charge in [-0.05, 0) is 19.1 Å². The first-order valence-electron chi connectivity index (χ1n) is 6.76. The van der Waals surface area contributed by atoms with Crippen molar-refractivity contribution in [2.45, 2.75) is 18.5 Å². The van der Waals surface area contributed by atoms with Crippen LogP contribution in [-0.2, 0) is 16.6 Å². The summed E-state index contributed by atoms with van der Waals surface area (Å²) in [6, 6.07) is 5.31. The maximum Gasteiger partial charge on any atom is 0.258 e. The monoisotopic (exact) mass is 348 g/mol. The van der Waals surface area contributed by atoms with Crippen LogP contribution in [0.15, 0.2) is 41.8 Å². The van der Waals surface area contributed by atoms with Gasteiger partial charge in [-0.3, -0.25) is 4.40 Å². The lowest BCUT2D eigenvalue weighted by Gasteiger charge is -2.04. The lowest BCUT2D eigenvalue weighted by atomic mass is 10.5. The molecule has 0 aromatic carbocycles. The summed E-state index contributed by atoms with van der Waals surface area (Å²) in [6.45, 7) is 1.99. The molecule has 0 unspecified atom stereocenters. The van der Waals surface area contributed by atoms with E-state index >= 15 is 0 Å². The number of sulfonamides is 1. The Morgan fingerprint density at radius 2 is 2.22 bits per heavy atom. The molecule has 4 aromatic heterocycles. The smallest absolute Gasteiger partial charge is 0.258 e. The molecule has 0 fully saturated rings. The number of hydrogen-bond donors (Lipinski definition) is 1. The van der Waals surface area contributed by atoms with E-state index in [1.807, 2.05) is 6.92 Å². The minimum absolute atomic E-state index is 0.0948. The van der Waals surface area contributed by atoms with Crippen molar-refractivity contribution < 1.29 is 8.42 Å². The molecule has 0 saturated heterocycles. The number of pyridine rings is 1. The molecule has 0 bridgehead atoms. The zero-order valence-corrected chi connectivity index (χ0v) is 13.7. The normalized spacial score (nSPS) is 12.4. The van der Waals surface area contributed by atoms with Crippen molar-refractivity contribution >= 4 is 32.0 Å². The molecule has 1 N–H and O–H groups in total. The highest BCUT2D eigenvalue weighted by Crippen LogP contribution is 2.15. The zero-order valence-electron chi connectivity index (χ0n) is 12.0. The van der Waals surface area contributed by atoms with E-state index in [2.05, 4.69) is 19.8 Å². The van der Waals surface area contributed by atoms with Gasteiger partial charge in [0.2, 0.25) is 4.96 Å². The van der Waals surface area contributed by atoms with Crippen LogP contribution in [0.1, 0.15) is 10.7 Å². The Morgan fingerprint density at radius 1 is 1.35 bits per heavy atom. The summed E-state index contributed by atoms with van der Waals surface area (Å²) in [4.78, 5) is 9.18. The Bertz CT molecular complexity index is 1080. The number of nitrogens with one attached hydrogen (secondary N) is 1. The summed E-state index contributed by atoms with van der Waals surface area (Å²) in [7, 11) is -3.69. The zero-order chi connectivity index (χ0) is 16.0. The third-order valence-electron chi connectivity index (χ3n) is 3.30. The fourth-order valence-corrected chi connectivity index (χ4v) is 4.11. The van der Waals surface area contributed by atoms with E-state index in [9.17, 15) is 8.42 Å². The van der Waals surface area contributed by atoms with Gasteiger partial charge in [0.1, 0.15) is 10.7 Å². The Balaban J connectivity index is 1.60. The molecule has 23 heavy (non-hydrogen) atoms. The number of rotatable bonds is 4. The van der Waals surface area contributed by atoms with Gasteiger partial charge in [-0.15, -0.1) is 0 Å². The van der Waals surface area contributed by atoms with Crippen LogP contribution in [-0.4, -0.2) is 32.4 Å². The van der Waals surface area contributed by atoms with Crippen LogP contribution in [0.2, 0.25) is 0 Å². The molecule has 118 valence electrons. The summed E-state index contributed by atoms with van der Waals surface area (Å²) >= 11 is 1.46. The van der Waals surface area contributed by atoms with Gasteiger partial charge in [0.05, 0.1) is 24.6 Å². The summed E-state index contributed by atoms with van der Waals surface area (Å²) in [5.74, 6) is 0. The van der Waals surface area contributed by atoms with Gasteiger partial charge < -0.3 is 0 Å². The second-order valence-electron chi connectivity index (χ2n) is 4.93. The lowest BCUT2D eigenvalue weighted by molar-refractivity contribution is 0.575. The van der Waals surface area contributed by atoms with Crippen LogP contribution in [0.4, 0.5) is 0 Å². The first-order valence-corrected chi connectivity index (χ1v) is 9.06. The Labute approximate surface area is 135 Å². The summed E-state index contributed by atoms with van der Waals surface area (Å²) in [5.41, 5.74) is 1.19. The van der Waals surface area contributed by atoms with Crippen molar-refractivity contribution in [1.29, 1.82) is 0 Å². The molecule has 8 nitrogen and oxygen atoms in total. The second kappa shape index (κ2) is 5.11. The van der Waals surface area contributed by atoms with Crippen molar-refractivity contribution in [2.75, 3.05) is 0 Å². The van der Waals surface area contributed by atoms with Crippen LogP contribution in [0, 0.1) is 6.92 Å². The van der Waals surface area contributed by atoms with Crippen LogP contribution in [0.3, 0.4) is 0 Å². The number of hydrogen-bond acceptors (Lipinski definition) is 6. The second-order valence-corrected chi connectivity index (χ2v) is 7.80. The average molecular weight is 348 g/mol. The van der Waals surface area contributed by atoms with Crippen molar-refractivity contribution in [1.82, 2.24) is 28.7 Å². The highest BCUT2D eigenvalue weighted by atomic mass is 32.2. The standard InChI is InChI=1S/C13H12N6O2S2/c1-9-17-19-8-10(16-13(19)22-9)6-15-23(20,21)12-7-14-11-4-2-3-5-18(11)12/h2-5,7-8,15H,6H2,1H3. The molecular weight excluding hydrogens is 336 g/mol. The summed E-state index contributed by atoms with van der Waals surface area (Å²) < 4.78 is 30.7. The molecule has 0 aliphatic carbocycles. The van der Waals surface area contributed by atoms with Gasteiger partial charge in [0.25, 0.3) is 10.0 Å². The molecule has 0 aliphatic heterocycles. The van der Waals surface area contributed by atoms with E-state index in [1.165, 1.54) is 21.9 Å². The topological polar surface area (TPSA) is 93.7 Å². The molecule has 4 aromatic rings. The van der Waals surface area contributed by atoms with Gasteiger partial charge in [0.15, 0.2) is 5.03 Å². The van der Waals surface area contributed by atoms with E-state index in [0.717, 1.165) is 9.97 Å². The van der Waals surface area contributed by atoms with Gasteiger partial charge in [-0.25, -0.2) is 27.6 Å². The maximum atomic E-state index is 12.5. The maximum absolute atomic E-state index is 12.5. The van der Waals surface area contributed by atoms with Crippen molar-refractivity contribution in [3.63, 3.8) is 0 Å². The minimum Gasteiger partial charge on any atom is -0.289 e. The summed E-state index contributed by atoms with van der Waals surface area (Å²) in [5, 5.41) is 5.26. The third kappa shape index (κ3) is 2.50. The number of fused-ring (bicyclic) bond motifs is 2. The van der Waals surface area contributed by atoms with Gasteiger partial charge in [0, 0.05) is 6.20 Å². The number of aromatic nitrogens is 5. The number of imidazole rings is 2. The fraction of sp³-hybridized carbons (Fsp3) is 0.154. The molecule has 4 heterocycles. The molecule has 0 radical (unpaired) electrons. The van der Waals surface area contributed by atoms with Crippen molar-refractivity contribution in [2.24, 2.45) is 0 Å². The van der Waals surface area contributed by atoms with Gasteiger partial charge >= 0.3 is 0 Å². The first kappa shape index (κ1) is 14.3. The SMILES string of the molecule is Cc1nn2cc(CNS(=O)(=O)c3cnc4ccccn34)nc2s1. The third-order valence-corrected chi connectivity index (χ3v) is 5.51. The summed E-state index contributed by atoms with van der Waals surface area (Å²) in [6.07, 6.45) is 4.72. The highest BCUT2D eigenvalue weighted by molar-refractivity contribution is 7.89. The Hall–Kier alpha value is -2.30. The molecule has 0 spiro atoms. The fourth-order valence-electron chi connectivity index (χ4n) is 2.28. The predicted molar refractivity (Wildman–Crippen MR) is 84.8 cm³/mol. The van der Waals surface area contributed by atoms with E-state index in [4.69, 9.17) is 0 Å². The van der Waals surface area contributed by atoms with Crippen molar-refractivity contribution in [3.8, 4) is 0 Å². The molecule has 0 saturated carbocycles. The van der Waals surface area contributed by atoms with Crippen LogP contribution < -0.4 is 4.72 Å². The van der Waals surface area contributed by atoms with E-state index < -0.39 is 10.0 Å². The van der Waals surface area contributed by atoms with Gasteiger partial charge in [-0.1, -0.05) is 17.4 Å². The van der Waals surface area contributed by atoms with Crippen molar-refractivity contribution in [3.05, 3.63) is 47.5 Å². The highest BCUT2D eigenvalue weighted by Gasteiger charge is 2.19.